The lowest BCUT2D eigenvalue weighted by Gasteiger charge is -2.35. The summed E-state index contributed by atoms with van der Waals surface area (Å²) in [6, 6.07) is -0.170. The zero-order valence-corrected chi connectivity index (χ0v) is 14.7. The number of carbonyl (C=O) groups is 2. The molecule has 1 heterocycles. The monoisotopic (exact) mass is 324 g/mol. The van der Waals surface area contributed by atoms with Gasteiger partial charge < -0.3 is 4.74 Å². The maximum Gasteiger partial charge on any atom is 0.246 e. The first-order valence-electron chi connectivity index (χ1n) is 9.11. The van der Waals surface area contributed by atoms with E-state index in [0.29, 0.717) is 18.2 Å². The maximum atomic E-state index is 12.7. The minimum Gasteiger partial charge on any atom is -0.381 e. The Morgan fingerprint density at radius 3 is 2.35 bits per heavy atom. The molecule has 0 bridgehead atoms. The van der Waals surface area contributed by atoms with Crippen molar-refractivity contribution in [3.05, 3.63) is 0 Å². The van der Waals surface area contributed by atoms with Gasteiger partial charge in [0.2, 0.25) is 12.3 Å². The zero-order valence-electron chi connectivity index (χ0n) is 14.7. The second-order valence-corrected chi connectivity index (χ2v) is 7.31. The Kier molecular flexibility index (Phi) is 7.50. The highest BCUT2D eigenvalue weighted by Crippen LogP contribution is 2.29. The van der Waals surface area contributed by atoms with Gasteiger partial charge >= 0.3 is 0 Å². The van der Waals surface area contributed by atoms with Crippen molar-refractivity contribution in [1.82, 2.24) is 9.80 Å². The number of nitrogens with zero attached hydrogens (tertiary/aromatic N) is 2. The Morgan fingerprint density at radius 1 is 1.09 bits per heavy atom. The molecule has 23 heavy (non-hydrogen) atoms. The molecule has 2 amide bonds. The fraction of sp³-hybridized carbons (Fsp3) is 0.889. The molecule has 132 valence electrons. The molecule has 2 fully saturated rings. The van der Waals surface area contributed by atoms with Gasteiger partial charge in [-0.05, 0) is 38.1 Å². The summed E-state index contributed by atoms with van der Waals surface area (Å²) in [5, 5.41) is 0. The van der Waals surface area contributed by atoms with Crippen molar-refractivity contribution in [3.63, 3.8) is 0 Å². The topological polar surface area (TPSA) is 49.9 Å². The fourth-order valence-corrected chi connectivity index (χ4v) is 3.96. The van der Waals surface area contributed by atoms with Crippen molar-refractivity contribution in [1.29, 1.82) is 0 Å². The average molecular weight is 324 g/mol. The largest absolute Gasteiger partial charge is 0.381 e. The van der Waals surface area contributed by atoms with Crippen LogP contribution >= 0.6 is 0 Å². The molecule has 0 spiro atoms. The Morgan fingerprint density at radius 2 is 1.74 bits per heavy atom. The van der Waals surface area contributed by atoms with Crippen molar-refractivity contribution in [2.24, 2.45) is 11.8 Å². The quantitative estimate of drug-likeness (QED) is 0.674. The summed E-state index contributed by atoms with van der Waals surface area (Å²) in [7, 11) is 3.62. The van der Waals surface area contributed by atoms with E-state index in [1.165, 1.54) is 37.0 Å². The molecule has 2 aliphatic rings. The normalized spacial score (nSPS) is 22.0. The molecule has 1 unspecified atom stereocenters. The smallest absolute Gasteiger partial charge is 0.246 e. The molecule has 1 atom stereocenters. The molecule has 1 aliphatic carbocycles. The summed E-state index contributed by atoms with van der Waals surface area (Å²) in [5.74, 6) is 1.16. The van der Waals surface area contributed by atoms with Gasteiger partial charge in [0.15, 0.2) is 0 Å². The number of amides is 2. The van der Waals surface area contributed by atoms with Crippen LogP contribution in [0.4, 0.5) is 0 Å². The highest BCUT2D eigenvalue weighted by molar-refractivity contribution is 5.89. The van der Waals surface area contributed by atoms with Crippen LogP contribution in [0.25, 0.3) is 0 Å². The summed E-state index contributed by atoms with van der Waals surface area (Å²) >= 11 is 0. The number of likely N-dealkylation sites (N-methyl/N-ethyl adjacent to an activating group) is 2. The van der Waals surface area contributed by atoms with Crippen LogP contribution in [0.15, 0.2) is 0 Å². The van der Waals surface area contributed by atoms with E-state index < -0.39 is 0 Å². The molecule has 0 N–H and O–H groups in total. The van der Waals surface area contributed by atoms with E-state index in [1.807, 2.05) is 7.05 Å². The van der Waals surface area contributed by atoms with Gasteiger partial charge in [-0.15, -0.1) is 0 Å². The number of imide groups is 1. The number of carbonyl (C=O) groups excluding carboxylic acids is 2. The van der Waals surface area contributed by atoms with E-state index in [-0.39, 0.29) is 11.9 Å². The minimum atomic E-state index is -0.170. The average Bonchev–Trinajstić information content (AvgIpc) is 2.60. The van der Waals surface area contributed by atoms with Gasteiger partial charge in [0.05, 0.1) is 6.04 Å². The maximum absolute atomic E-state index is 12.7. The van der Waals surface area contributed by atoms with E-state index in [0.717, 1.165) is 39.0 Å². The third-order valence-corrected chi connectivity index (χ3v) is 5.49. The first kappa shape index (κ1) is 18.4. The van der Waals surface area contributed by atoms with Crippen LogP contribution < -0.4 is 0 Å². The molecular weight excluding hydrogens is 292 g/mol. The van der Waals surface area contributed by atoms with Crippen molar-refractivity contribution in [2.75, 3.05) is 33.9 Å². The van der Waals surface area contributed by atoms with Crippen LogP contribution in [-0.2, 0) is 14.3 Å². The van der Waals surface area contributed by atoms with Crippen LogP contribution in [0.5, 0.6) is 0 Å². The summed E-state index contributed by atoms with van der Waals surface area (Å²) in [6.45, 7) is 2.57. The highest BCUT2D eigenvalue weighted by Gasteiger charge is 2.31. The number of rotatable bonds is 7. The highest BCUT2D eigenvalue weighted by atomic mass is 16.5. The molecule has 0 aromatic carbocycles. The molecule has 2 rings (SSSR count). The van der Waals surface area contributed by atoms with Gasteiger partial charge in [-0.3, -0.25) is 19.4 Å². The molecule has 0 aromatic heterocycles. The number of ether oxygens (including phenoxy) is 1. The molecule has 0 aromatic rings. The second kappa shape index (κ2) is 9.38. The van der Waals surface area contributed by atoms with Crippen molar-refractivity contribution in [3.8, 4) is 0 Å². The minimum absolute atomic E-state index is 0.0554. The van der Waals surface area contributed by atoms with Gasteiger partial charge in [-0.2, -0.15) is 0 Å². The molecule has 5 nitrogen and oxygen atoms in total. The van der Waals surface area contributed by atoms with E-state index >= 15 is 0 Å². The van der Waals surface area contributed by atoms with Crippen molar-refractivity contribution >= 4 is 12.3 Å². The summed E-state index contributed by atoms with van der Waals surface area (Å²) in [4.78, 5) is 27.1. The van der Waals surface area contributed by atoms with Crippen LogP contribution in [-0.4, -0.2) is 62.0 Å². The molecule has 1 saturated heterocycles. The third-order valence-electron chi connectivity index (χ3n) is 5.49. The van der Waals surface area contributed by atoms with E-state index in [2.05, 4.69) is 4.90 Å². The number of hydrogen-bond acceptors (Lipinski definition) is 4. The lowest BCUT2D eigenvalue weighted by molar-refractivity contribution is -0.141. The van der Waals surface area contributed by atoms with Gasteiger partial charge in [-0.1, -0.05) is 32.1 Å². The molecule has 5 heteroatoms. The standard InChI is InChI=1S/C18H32N2O3/c1-19(13-16-8-10-23-11-9-16)17(18(22)20(2)14-21)12-15-6-4-3-5-7-15/h14-17H,3-13H2,1-2H3. The Balaban J connectivity index is 1.97. The van der Waals surface area contributed by atoms with Crippen LogP contribution in [0.2, 0.25) is 0 Å². The molecule has 0 radical (unpaired) electrons. The lowest BCUT2D eigenvalue weighted by Crippen LogP contribution is -2.48. The third kappa shape index (κ3) is 5.57. The van der Waals surface area contributed by atoms with Crippen molar-refractivity contribution < 1.29 is 14.3 Å². The van der Waals surface area contributed by atoms with E-state index in [1.54, 1.807) is 7.05 Å². The van der Waals surface area contributed by atoms with Gasteiger partial charge in [-0.25, -0.2) is 0 Å². The molecule has 1 saturated carbocycles. The molecular formula is C18H32N2O3. The Bertz CT molecular complexity index is 376. The predicted molar refractivity (Wildman–Crippen MR) is 90.0 cm³/mol. The zero-order chi connectivity index (χ0) is 16.7. The van der Waals surface area contributed by atoms with Crippen LogP contribution in [0.3, 0.4) is 0 Å². The van der Waals surface area contributed by atoms with Gasteiger partial charge in [0.1, 0.15) is 0 Å². The summed E-state index contributed by atoms with van der Waals surface area (Å²) < 4.78 is 5.43. The number of hydrogen-bond donors (Lipinski definition) is 0. The summed E-state index contributed by atoms with van der Waals surface area (Å²) in [5.41, 5.74) is 0. The van der Waals surface area contributed by atoms with E-state index in [9.17, 15) is 9.59 Å². The fourth-order valence-electron chi connectivity index (χ4n) is 3.96. The van der Waals surface area contributed by atoms with Gasteiger partial charge in [0.25, 0.3) is 0 Å². The SMILES string of the molecule is CN(C=O)C(=O)C(CC1CCCCC1)N(C)CC1CCOCC1. The Labute approximate surface area is 140 Å². The van der Waals surface area contributed by atoms with Crippen molar-refractivity contribution in [2.45, 2.75) is 57.4 Å². The van der Waals surface area contributed by atoms with E-state index in [4.69, 9.17) is 4.74 Å². The first-order chi connectivity index (χ1) is 11.1. The second-order valence-electron chi connectivity index (χ2n) is 7.31. The van der Waals surface area contributed by atoms with Crippen LogP contribution in [0, 0.1) is 11.8 Å². The molecule has 1 aliphatic heterocycles. The summed E-state index contributed by atoms with van der Waals surface area (Å²) in [6.07, 6.45) is 9.98. The predicted octanol–water partition coefficient (Wildman–Crippen LogP) is 2.30. The lowest BCUT2D eigenvalue weighted by atomic mass is 9.84. The van der Waals surface area contributed by atoms with Crippen LogP contribution in [0.1, 0.15) is 51.4 Å². The Hall–Kier alpha value is -0.940. The van der Waals surface area contributed by atoms with Gasteiger partial charge in [0, 0.05) is 26.8 Å². The first-order valence-corrected chi connectivity index (χ1v) is 9.11.